The van der Waals surface area contributed by atoms with Crippen molar-refractivity contribution in [1.29, 1.82) is 0 Å². The summed E-state index contributed by atoms with van der Waals surface area (Å²) in [6.07, 6.45) is 1.46. The number of nitrogens with zero attached hydrogens (tertiary/aromatic N) is 2. The average Bonchev–Trinajstić information content (AvgIpc) is 2.69. The van der Waals surface area contributed by atoms with Crippen LogP contribution in [0.25, 0.3) is 0 Å². The number of anilines is 1. The normalized spacial score (nSPS) is 11.4. The SMILES string of the molecule is CCN(CC)c1ccc(/C=N/NS(=O)(=O)c2ccc(OC)c(OC)c2)cc1. The number of hydrogen-bond acceptors (Lipinski definition) is 6. The Bertz CT molecular complexity index is 876. The zero-order valence-electron chi connectivity index (χ0n) is 16.0. The van der Waals surface area contributed by atoms with Crippen LogP contribution >= 0.6 is 0 Å². The topological polar surface area (TPSA) is 80.2 Å². The maximum absolute atomic E-state index is 12.4. The van der Waals surface area contributed by atoms with Gasteiger partial charge in [0.2, 0.25) is 0 Å². The number of benzene rings is 2. The standard InChI is InChI=1S/C19H25N3O4S/c1-5-22(6-2)16-9-7-15(8-10-16)14-20-21-27(23,24)17-11-12-18(25-3)19(13-17)26-4/h7-14,21H,5-6H2,1-4H3/b20-14+. The van der Waals surface area contributed by atoms with Crippen LogP contribution in [0.5, 0.6) is 11.5 Å². The smallest absolute Gasteiger partial charge is 0.276 e. The molecule has 0 heterocycles. The Balaban J connectivity index is 2.10. The van der Waals surface area contributed by atoms with Gasteiger partial charge in [0.1, 0.15) is 0 Å². The zero-order valence-corrected chi connectivity index (χ0v) is 16.8. The quantitative estimate of drug-likeness (QED) is 0.525. The van der Waals surface area contributed by atoms with Crippen molar-refractivity contribution in [1.82, 2.24) is 4.83 Å². The molecule has 0 unspecified atom stereocenters. The van der Waals surface area contributed by atoms with Crippen molar-refractivity contribution in [2.24, 2.45) is 5.10 Å². The molecular formula is C19H25N3O4S. The van der Waals surface area contributed by atoms with Gasteiger partial charge in [-0.3, -0.25) is 0 Å². The fraction of sp³-hybridized carbons (Fsp3) is 0.316. The fourth-order valence-electron chi connectivity index (χ4n) is 2.57. The van der Waals surface area contributed by atoms with Crippen molar-refractivity contribution in [3.63, 3.8) is 0 Å². The van der Waals surface area contributed by atoms with Crippen LogP contribution in [0, 0.1) is 0 Å². The number of rotatable bonds is 9. The minimum Gasteiger partial charge on any atom is -0.493 e. The van der Waals surface area contributed by atoms with Crippen molar-refractivity contribution in [3.8, 4) is 11.5 Å². The predicted molar refractivity (Wildman–Crippen MR) is 107 cm³/mol. The monoisotopic (exact) mass is 391 g/mol. The fourth-order valence-corrected chi connectivity index (χ4v) is 3.37. The summed E-state index contributed by atoms with van der Waals surface area (Å²) in [7, 11) is -0.877. The van der Waals surface area contributed by atoms with Crippen LogP contribution in [0.1, 0.15) is 19.4 Å². The van der Waals surface area contributed by atoms with E-state index in [1.54, 1.807) is 0 Å². The van der Waals surface area contributed by atoms with Gasteiger partial charge in [-0.2, -0.15) is 13.5 Å². The van der Waals surface area contributed by atoms with Crippen LogP contribution in [-0.2, 0) is 10.0 Å². The molecule has 0 aromatic heterocycles. The van der Waals surface area contributed by atoms with Crippen molar-refractivity contribution in [2.45, 2.75) is 18.7 Å². The van der Waals surface area contributed by atoms with E-state index in [2.05, 4.69) is 28.7 Å². The molecule has 0 fully saturated rings. The maximum atomic E-state index is 12.4. The van der Waals surface area contributed by atoms with E-state index < -0.39 is 10.0 Å². The molecule has 0 saturated heterocycles. The number of ether oxygens (including phenoxy) is 2. The Hall–Kier alpha value is -2.74. The molecule has 2 aromatic carbocycles. The molecular weight excluding hydrogens is 366 g/mol. The highest BCUT2D eigenvalue weighted by atomic mass is 32.2. The maximum Gasteiger partial charge on any atom is 0.276 e. The molecule has 0 saturated carbocycles. The van der Waals surface area contributed by atoms with Gasteiger partial charge < -0.3 is 14.4 Å². The van der Waals surface area contributed by atoms with Gasteiger partial charge in [0, 0.05) is 24.8 Å². The van der Waals surface area contributed by atoms with Gasteiger partial charge in [0.15, 0.2) is 11.5 Å². The van der Waals surface area contributed by atoms with E-state index >= 15 is 0 Å². The van der Waals surface area contributed by atoms with Crippen LogP contribution in [0.15, 0.2) is 52.5 Å². The first-order valence-electron chi connectivity index (χ1n) is 8.57. The summed E-state index contributed by atoms with van der Waals surface area (Å²) in [5.41, 5.74) is 1.91. The summed E-state index contributed by atoms with van der Waals surface area (Å²) < 4.78 is 35.0. The predicted octanol–water partition coefficient (Wildman–Crippen LogP) is 2.86. The third kappa shape index (κ3) is 5.13. The highest BCUT2D eigenvalue weighted by Crippen LogP contribution is 2.29. The minimum atomic E-state index is -3.81. The van der Waals surface area contributed by atoms with Gasteiger partial charge >= 0.3 is 0 Å². The van der Waals surface area contributed by atoms with Crippen molar-refractivity contribution in [3.05, 3.63) is 48.0 Å². The largest absolute Gasteiger partial charge is 0.493 e. The lowest BCUT2D eigenvalue weighted by Crippen LogP contribution is -2.21. The Morgan fingerprint density at radius 3 is 2.19 bits per heavy atom. The molecule has 27 heavy (non-hydrogen) atoms. The molecule has 0 aliphatic heterocycles. The third-order valence-corrected chi connectivity index (χ3v) is 5.29. The number of methoxy groups -OCH3 is 2. The molecule has 0 aliphatic rings. The molecule has 0 atom stereocenters. The lowest BCUT2D eigenvalue weighted by molar-refractivity contribution is 0.354. The summed E-state index contributed by atoms with van der Waals surface area (Å²) in [5.74, 6) is 0.782. The van der Waals surface area contributed by atoms with E-state index in [1.165, 1.54) is 38.6 Å². The van der Waals surface area contributed by atoms with Crippen LogP contribution in [0.2, 0.25) is 0 Å². The Morgan fingerprint density at radius 1 is 1.00 bits per heavy atom. The lowest BCUT2D eigenvalue weighted by Gasteiger charge is -2.20. The molecule has 0 spiro atoms. The van der Waals surface area contributed by atoms with E-state index in [0.717, 1.165) is 24.3 Å². The van der Waals surface area contributed by atoms with E-state index in [9.17, 15) is 8.42 Å². The van der Waals surface area contributed by atoms with Crippen LogP contribution in [0.4, 0.5) is 5.69 Å². The van der Waals surface area contributed by atoms with Crippen molar-refractivity contribution in [2.75, 3.05) is 32.2 Å². The molecule has 0 bridgehead atoms. The van der Waals surface area contributed by atoms with E-state index in [0.29, 0.717) is 11.5 Å². The average molecular weight is 391 g/mol. The third-order valence-electron chi connectivity index (χ3n) is 4.07. The Labute approximate surface area is 160 Å². The summed E-state index contributed by atoms with van der Waals surface area (Å²) >= 11 is 0. The van der Waals surface area contributed by atoms with Gasteiger partial charge in [-0.1, -0.05) is 12.1 Å². The zero-order chi connectivity index (χ0) is 19.9. The highest BCUT2D eigenvalue weighted by molar-refractivity contribution is 7.89. The molecule has 0 amide bonds. The van der Waals surface area contributed by atoms with Crippen molar-refractivity contribution < 1.29 is 17.9 Å². The molecule has 2 aromatic rings. The van der Waals surface area contributed by atoms with Gasteiger partial charge in [0.05, 0.1) is 25.3 Å². The summed E-state index contributed by atoms with van der Waals surface area (Å²) in [6.45, 7) is 6.05. The second-order valence-electron chi connectivity index (χ2n) is 5.63. The molecule has 0 aliphatic carbocycles. The molecule has 0 radical (unpaired) electrons. The highest BCUT2D eigenvalue weighted by Gasteiger charge is 2.16. The van der Waals surface area contributed by atoms with Gasteiger partial charge in [-0.15, -0.1) is 0 Å². The molecule has 1 N–H and O–H groups in total. The molecule has 2 rings (SSSR count). The van der Waals surface area contributed by atoms with E-state index in [-0.39, 0.29) is 4.90 Å². The van der Waals surface area contributed by atoms with Crippen LogP contribution in [0.3, 0.4) is 0 Å². The number of nitrogens with one attached hydrogen (secondary N) is 1. The van der Waals surface area contributed by atoms with Crippen molar-refractivity contribution >= 4 is 21.9 Å². The molecule has 146 valence electrons. The van der Waals surface area contributed by atoms with E-state index in [4.69, 9.17) is 9.47 Å². The summed E-state index contributed by atoms with van der Waals surface area (Å²) in [4.78, 5) is 4.47. The second kappa shape index (κ2) is 9.27. The molecule has 8 heteroatoms. The van der Waals surface area contributed by atoms with Gasteiger partial charge in [-0.05, 0) is 43.7 Å². The van der Waals surface area contributed by atoms with Gasteiger partial charge in [0.25, 0.3) is 10.0 Å². The summed E-state index contributed by atoms with van der Waals surface area (Å²) in [6, 6.07) is 12.1. The van der Waals surface area contributed by atoms with Crippen LogP contribution < -0.4 is 19.2 Å². The molecule has 7 nitrogen and oxygen atoms in total. The first-order valence-corrected chi connectivity index (χ1v) is 10.0. The van der Waals surface area contributed by atoms with E-state index in [1.807, 2.05) is 24.3 Å². The van der Waals surface area contributed by atoms with Crippen LogP contribution in [-0.4, -0.2) is 41.9 Å². The lowest BCUT2D eigenvalue weighted by atomic mass is 10.2. The Morgan fingerprint density at radius 2 is 1.63 bits per heavy atom. The second-order valence-corrected chi connectivity index (χ2v) is 7.29. The first-order chi connectivity index (χ1) is 12.9. The first kappa shape index (κ1) is 20.6. The number of sulfonamides is 1. The van der Waals surface area contributed by atoms with Gasteiger partial charge in [-0.25, -0.2) is 4.83 Å². The number of hydrogen-bond donors (Lipinski definition) is 1. The summed E-state index contributed by atoms with van der Waals surface area (Å²) in [5, 5.41) is 3.85. The minimum absolute atomic E-state index is 0.0363. The Kier molecular flexibility index (Phi) is 7.06. The number of hydrazone groups is 1.